The highest BCUT2D eigenvalue weighted by Gasteiger charge is 2.09. The summed E-state index contributed by atoms with van der Waals surface area (Å²) >= 11 is 5.06. The smallest absolute Gasteiger partial charge is 0.251 e. The van der Waals surface area contributed by atoms with Crippen LogP contribution >= 0.6 is 27.7 Å². The van der Waals surface area contributed by atoms with E-state index in [-0.39, 0.29) is 18.4 Å². The molecule has 0 radical (unpaired) electrons. The topological polar surface area (TPSA) is 58.2 Å². The van der Waals surface area contributed by atoms with Gasteiger partial charge in [-0.05, 0) is 52.0 Å². The predicted molar refractivity (Wildman–Crippen MR) is 98.8 cm³/mol. The van der Waals surface area contributed by atoms with E-state index in [2.05, 4.69) is 26.6 Å². The fourth-order valence-electron chi connectivity index (χ4n) is 1.99. The zero-order valence-electron chi connectivity index (χ0n) is 12.6. The van der Waals surface area contributed by atoms with Gasteiger partial charge in [-0.1, -0.05) is 24.3 Å². The number of hydrogen-bond acceptors (Lipinski definition) is 3. The molecule has 2 N–H and O–H groups in total. The maximum absolute atomic E-state index is 12.1. The van der Waals surface area contributed by atoms with Crippen LogP contribution in [-0.2, 0) is 10.5 Å². The van der Waals surface area contributed by atoms with Crippen LogP contribution in [0.2, 0.25) is 0 Å². The van der Waals surface area contributed by atoms with Gasteiger partial charge in [0, 0.05) is 15.8 Å². The minimum atomic E-state index is -0.273. The summed E-state index contributed by atoms with van der Waals surface area (Å²) < 4.78 is 0.796. The van der Waals surface area contributed by atoms with E-state index in [9.17, 15) is 9.59 Å². The molecule has 2 amide bonds. The Balaban J connectivity index is 1.90. The third-order valence-electron chi connectivity index (χ3n) is 3.06. The molecule has 0 bridgehead atoms. The molecule has 120 valence electrons. The summed E-state index contributed by atoms with van der Waals surface area (Å²) in [6.45, 7) is -0.0765. The van der Waals surface area contributed by atoms with Gasteiger partial charge >= 0.3 is 0 Å². The van der Waals surface area contributed by atoms with Gasteiger partial charge in [0.2, 0.25) is 5.91 Å². The van der Waals surface area contributed by atoms with Crippen molar-refractivity contribution >= 4 is 45.2 Å². The van der Waals surface area contributed by atoms with E-state index in [1.54, 1.807) is 23.9 Å². The molecule has 0 saturated carbocycles. The Bertz CT molecular complexity index is 706. The van der Waals surface area contributed by atoms with Crippen molar-refractivity contribution in [2.45, 2.75) is 5.75 Å². The molecule has 0 aliphatic carbocycles. The van der Waals surface area contributed by atoms with Crippen molar-refractivity contribution < 1.29 is 9.59 Å². The molecule has 0 aliphatic heterocycles. The SMILES string of the molecule is CSCc1cccc(C(=O)NCC(=O)Nc2ccccc2Br)c1. The normalized spacial score (nSPS) is 10.2. The first-order chi connectivity index (χ1) is 11.1. The van der Waals surface area contributed by atoms with Crippen molar-refractivity contribution in [3.63, 3.8) is 0 Å². The molecule has 0 aromatic heterocycles. The number of amides is 2. The fourth-order valence-corrected chi connectivity index (χ4v) is 2.89. The van der Waals surface area contributed by atoms with E-state index in [0.717, 1.165) is 15.8 Å². The molecule has 6 heteroatoms. The molecule has 0 fully saturated rings. The Morgan fingerprint density at radius 3 is 2.65 bits per heavy atom. The van der Waals surface area contributed by atoms with E-state index in [4.69, 9.17) is 0 Å². The van der Waals surface area contributed by atoms with Crippen LogP contribution in [0.1, 0.15) is 15.9 Å². The Hall–Kier alpha value is -1.79. The summed E-state index contributed by atoms with van der Waals surface area (Å²) in [5.74, 6) is 0.324. The first-order valence-electron chi connectivity index (χ1n) is 7.00. The number of hydrogen-bond donors (Lipinski definition) is 2. The monoisotopic (exact) mass is 392 g/mol. The lowest BCUT2D eigenvalue weighted by atomic mass is 10.1. The van der Waals surface area contributed by atoms with E-state index < -0.39 is 0 Å². The highest BCUT2D eigenvalue weighted by molar-refractivity contribution is 9.10. The number of para-hydroxylation sites is 1. The van der Waals surface area contributed by atoms with Gasteiger partial charge < -0.3 is 10.6 Å². The molecule has 0 unspecified atom stereocenters. The van der Waals surface area contributed by atoms with Crippen molar-refractivity contribution in [3.05, 3.63) is 64.1 Å². The first kappa shape index (κ1) is 17.6. The molecular weight excluding hydrogens is 376 g/mol. The van der Waals surface area contributed by atoms with E-state index >= 15 is 0 Å². The van der Waals surface area contributed by atoms with E-state index in [1.807, 2.05) is 42.7 Å². The second kappa shape index (κ2) is 8.74. The highest BCUT2D eigenvalue weighted by atomic mass is 79.9. The minimum absolute atomic E-state index is 0.0765. The summed E-state index contributed by atoms with van der Waals surface area (Å²) in [7, 11) is 0. The Morgan fingerprint density at radius 1 is 1.13 bits per heavy atom. The van der Waals surface area contributed by atoms with E-state index in [1.165, 1.54) is 0 Å². The van der Waals surface area contributed by atoms with Crippen molar-refractivity contribution in [1.82, 2.24) is 5.32 Å². The van der Waals surface area contributed by atoms with Crippen molar-refractivity contribution in [1.29, 1.82) is 0 Å². The Labute approximate surface area is 148 Å². The maximum Gasteiger partial charge on any atom is 0.251 e. The molecule has 23 heavy (non-hydrogen) atoms. The number of thioether (sulfide) groups is 1. The minimum Gasteiger partial charge on any atom is -0.343 e. The van der Waals surface area contributed by atoms with Crippen LogP contribution in [-0.4, -0.2) is 24.6 Å². The lowest BCUT2D eigenvalue weighted by Crippen LogP contribution is -2.32. The summed E-state index contributed by atoms with van der Waals surface area (Å²) in [5.41, 5.74) is 2.32. The van der Waals surface area contributed by atoms with Crippen molar-refractivity contribution in [3.8, 4) is 0 Å². The zero-order chi connectivity index (χ0) is 16.7. The molecular formula is C17H17BrN2O2S. The number of carbonyl (C=O) groups excluding carboxylic acids is 2. The first-order valence-corrected chi connectivity index (χ1v) is 9.19. The molecule has 4 nitrogen and oxygen atoms in total. The van der Waals surface area contributed by atoms with Crippen LogP contribution in [0.5, 0.6) is 0 Å². The number of benzene rings is 2. The third kappa shape index (κ3) is 5.41. The highest BCUT2D eigenvalue weighted by Crippen LogP contribution is 2.20. The van der Waals surface area contributed by atoms with Crippen LogP contribution in [0.4, 0.5) is 5.69 Å². The zero-order valence-corrected chi connectivity index (χ0v) is 15.0. The van der Waals surface area contributed by atoms with Crippen LogP contribution in [0.3, 0.4) is 0 Å². The predicted octanol–water partition coefficient (Wildman–Crippen LogP) is 3.68. The standard InChI is InChI=1S/C17H17BrN2O2S/c1-23-11-12-5-4-6-13(9-12)17(22)19-10-16(21)20-15-8-3-2-7-14(15)18/h2-9H,10-11H2,1H3,(H,19,22)(H,20,21). The fraction of sp³-hybridized carbons (Fsp3) is 0.176. The van der Waals surface area contributed by atoms with Gasteiger partial charge in [0.05, 0.1) is 12.2 Å². The molecule has 2 aromatic carbocycles. The number of nitrogens with one attached hydrogen (secondary N) is 2. The summed E-state index contributed by atoms with van der Waals surface area (Å²) in [6, 6.07) is 14.7. The van der Waals surface area contributed by atoms with E-state index in [0.29, 0.717) is 11.3 Å². The van der Waals surface area contributed by atoms with Gasteiger partial charge in [-0.2, -0.15) is 11.8 Å². The number of halogens is 1. The molecule has 0 aliphatic rings. The molecule has 0 atom stereocenters. The lowest BCUT2D eigenvalue weighted by Gasteiger charge is -2.09. The van der Waals surface area contributed by atoms with Gasteiger partial charge in [0.25, 0.3) is 5.91 Å². The van der Waals surface area contributed by atoms with Crippen LogP contribution < -0.4 is 10.6 Å². The molecule has 0 heterocycles. The van der Waals surface area contributed by atoms with Crippen LogP contribution in [0.25, 0.3) is 0 Å². The quantitative estimate of drug-likeness (QED) is 0.787. The lowest BCUT2D eigenvalue weighted by molar-refractivity contribution is -0.115. The van der Waals surface area contributed by atoms with Gasteiger partial charge in [-0.25, -0.2) is 0 Å². The summed E-state index contributed by atoms with van der Waals surface area (Å²) in [6.07, 6.45) is 2.01. The molecule has 2 rings (SSSR count). The molecule has 0 spiro atoms. The molecule has 0 saturated heterocycles. The van der Waals surface area contributed by atoms with Gasteiger partial charge in [0.15, 0.2) is 0 Å². The Kier molecular flexibility index (Phi) is 6.67. The third-order valence-corrected chi connectivity index (χ3v) is 4.37. The molecule has 2 aromatic rings. The van der Waals surface area contributed by atoms with Gasteiger partial charge in [-0.15, -0.1) is 0 Å². The summed E-state index contributed by atoms with van der Waals surface area (Å²) in [4.78, 5) is 24.0. The van der Waals surface area contributed by atoms with Crippen molar-refractivity contribution in [2.75, 3.05) is 18.1 Å². The van der Waals surface area contributed by atoms with Crippen molar-refractivity contribution in [2.24, 2.45) is 0 Å². The van der Waals surface area contributed by atoms with Crippen LogP contribution in [0.15, 0.2) is 53.0 Å². The van der Waals surface area contributed by atoms with Gasteiger partial charge in [0.1, 0.15) is 0 Å². The summed E-state index contributed by atoms with van der Waals surface area (Å²) in [5, 5.41) is 5.38. The number of anilines is 1. The largest absolute Gasteiger partial charge is 0.343 e. The number of carbonyl (C=O) groups is 2. The van der Waals surface area contributed by atoms with Crippen LogP contribution in [0, 0.1) is 0 Å². The van der Waals surface area contributed by atoms with Gasteiger partial charge in [-0.3, -0.25) is 9.59 Å². The second-order valence-electron chi connectivity index (χ2n) is 4.84. The second-order valence-corrected chi connectivity index (χ2v) is 6.56. The average Bonchev–Trinajstić information content (AvgIpc) is 2.55. The Morgan fingerprint density at radius 2 is 1.91 bits per heavy atom. The maximum atomic E-state index is 12.1. The number of rotatable bonds is 6. The average molecular weight is 393 g/mol.